The van der Waals surface area contributed by atoms with Gasteiger partial charge in [-0.1, -0.05) is 41.0 Å². The molecule has 0 N–H and O–H groups in total. The summed E-state index contributed by atoms with van der Waals surface area (Å²) < 4.78 is 21.3. The van der Waals surface area contributed by atoms with Crippen molar-refractivity contribution < 1.29 is 13.5 Å². The summed E-state index contributed by atoms with van der Waals surface area (Å²) in [4.78, 5) is 13.1. The van der Waals surface area contributed by atoms with Gasteiger partial charge in [-0.05, 0) is 57.5 Å². The first-order valence-electron chi connectivity index (χ1n) is 9.00. The van der Waals surface area contributed by atoms with Crippen LogP contribution >= 0.6 is 11.6 Å². The number of halogens is 1. The van der Waals surface area contributed by atoms with Crippen molar-refractivity contribution in [3.05, 3.63) is 76.1 Å². The van der Waals surface area contributed by atoms with Crippen LogP contribution in [0.15, 0.2) is 57.5 Å². The summed E-state index contributed by atoms with van der Waals surface area (Å²) in [6.07, 6.45) is 1.44. The molecule has 0 amide bonds. The molecule has 0 radical (unpaired) electrons. The Labute approximate surface area is 177 Å². The number of aromatic nitrogens is 1. The van der Waals surface area contributed by atoms with E-state index in [1.54, 1.807) is 43.3 Å². The lowest BCUT2D eigenvalue weighted by Crippen LogP contribution is -2.19. The fraction of sp³-hybridized carbons (Fsp3) is 0.227. The minimum absolute atomic E-state index is 0.140. The van der Waals surface area contributed by atoms with E-state index in [-0.39, 0.29) is 5.78 Å². The lowest BCUT2D eigenvalue weighted by Gasteiger charge is -2.12. The molecule has 0 unspecified atom stereocenters. The predicted octanol–water partition coefficient (Wildman–Crippen LogP) is 5.42. The van der Waals surface area contributed by atoms with Gasteiger partial charge in [0.15, 0.2) is 5.78 Å². The smallest absolute Gasteiger partial charge is 0.193 e. The van der Waals surface area contributed by atoms with E-state index < -0.39 is 15.7 Å². The Morgan fingerprint density at radius 2 is 1.79 bits per heavy atom. The highest BCUT2D eigenvalue weighted by Gasteiger charge is 2.22. The van der Waals surface area contributed by atoms with Crippen LogP contribution in [0.1, 0.15) is 48.1 Å². The van der Waals surface area contributed by atoms with Crippen LogP contribution in [0.4, 0.5) is 0 Å². The first-order valence-corrected chi connectivity index (χ1v) is 10.5. The SMILES string of the molecule is Cc1onc(/C=N/[S@](=O)C(C)(C)C)c1-c1ccccc1C(=O)c1ccc(Cl)cc1. The van der Waals surface area contributed by atoms with Gasteiger partial charge in [0, 0.05) is 16.1 Å². The number of aryl methyl sites for hydroxylation is 1. The molecule has 0 fully saturated rings. The predicted molar refractivity (Wildman–Crippen MR) is 117 cm³/mol. The highest BCUT2D eigenvalue weighted by atomic mass is 35.5. The zero-order valence-electron chi connectivity index (χ0n) is 16.6. The van der Waals surface area contributed by atoms with Crippen molar-refractivity contribution in [2.75, 3.05) is 0 Å². The summed E-state index contributed by atoms with van der Waals surface area (Å²) in [6, 6.07) is 14.0. The zero-order chi connectivity index (χ0) is 21.2. The van der Waals surface area contributed by atoms with E-state index in [1.165, 1.54) is 6.21 Å². The molecule has 7 heteroatoms. The van der Waals surface area contributed by atoms with E-state index in [9.17, 15) is 9.00 Å². The quantitative estimate of drug-likeness (QED) is 0.402. The Hall–Kier alpha value is -2.57. The Morgan fingerprint density at radius 1 is 1.14 bits per heavy atom. The fourth-order valence-electron chi connectivity index (χ4n) is 2.72. The maximum absolute atomic E-state index is 13.1. The van der Waals surface area contributed by atoms with Gasteiger partial charge >= 0.3 is 0 Å². The van der Waals surface area contributed by atoms with Crippen LogP contribution < -0.4 is 0 Å². The molecule has 1 heterocycles. The van der Waals surface area contributed by atoms with Crippen LogP contribution in [-0.2, 0) is 11.0 Å². The summed E-state index contributed by atoms with van der Waals surface area (Å²) in [5.41, 5.74) is 2.79. The van der Waals surface area contributed by atoms with Crippen LogP contribution in [0.5, 0.6) is 0 Å². The first-order chi connectivity index (χ1) is 13.7. The van der Waals surface area contributed by atoms with Crippen LogP contribution in [0.3, 0.4) is 0 Å². The molecule has 0 aliphatic heterocycles. The van der Waals surface area contributed by atoms with Crippen molar-refractivity contribution in [2.24, 2.45) is 4.40 Å². The normalized spacial score (nSPS) is 13.0. The highest BCUT2D eigenvalue weighted by Crippen LogP contribution is 2.31. The largest absolute Gasteiger partial charge is 0.360 e. The number of benzene rings is 2. The van der Waals surface area contributed by atoms with Gasteiger partial charge in [0.1, 0.15) is 22.4 Å². The molecule has 3 aromatic rings. The van der Waals surface area contributed by atoms with Crippen molar-refractivity contribution in [3.8, 4) is 11.1 Å². The number of hydrogen-bond donors (Lipinski definition) is 0. The summed E-state index contributed by atoms with van der Waals surface area (Å²) in [5, 5.41) is 4.61. The molecule has 1 aromatic heterocycles. The summed E-state index contributed by atoms with van der Waals surface area (Å²) in [7, 11) is -1.43. The van der Waals surface area contributed by atoms with Gasteiger partial charge in [-0.3, -0.25) is 4.79 Å². The number of nitrogens with zero attached hydrogens (tertiary/aromatic N) is 2. The first kappa shape index (κ1) is 21.1. The third kappa shape index (κ3) is 4.71. The van der Waals surface area contributed by atoms with E-state index in [0.29, 0.717) is 38.7 Å². The summed E-state index contributed by atoms with van der Waals surface area (Å²) in [5.74, 6) is 0.406. The second-order valence-electron chi connectivity index (χ2n) is 7.48. The van der Waals surface area contributed by atoms with Crippen LogP contribution in [0.25, 0.3) is 11.1 Å². The number of hydrogen-bond acceptors (Lipinski definition) is 4. The molecule has 3 rings (SSSR count). The van der Waals surface area contributed by atoms with Gasteiger partial charge in [-0.15, -0.1) is 0 Å². The molecule has 0 bridgehead atoms. The second kappa shape index (κ2) is 8.43. The van der Waals surface area contributed by atoms with E-state index in [4.69, 9.17) is 16.1 Å². The average Bonchev–Trinajstić information content (AvgIpc) is 3.05. The number of carbonyl (C=O) groups is 1. The van der Waals surface area contributed by atoms with Crippen LogP contribution in [-0.4, -0.2) is 26.1 Å². The third-order valence-corrected chi connectivity index (χ3v) is 5.83. The Kier molecular flexibility index (Phi) is 6.15. The lowest BCUT2D eigenvalue weighted by atomic mass is 9.93. The summed E-state index contributed by atoms with van der Waals surface area (Å²) >= 11 is 5.94. The van der Waals surface area contributed by atoms with Crippen molar-refractivity contribution in [1.82, 2.24) is 5.16 Å². The van der Waals surface area contributed by atoms with Crippen LogP contribution in [0, 0.1) is 6.92 Å². The van der Waals surface area contributed by atoms with Crippen LogP contribution in [0.2, 0.25) is 5.02 Å². The fourth-order valence-corrected chi connectivity index (χ4v) is 3.35. The van der Waals surface area contributed by atoms with Gasteiger partial charge in [0.2, 0.25) is 0 Å². The second-order valence-corrected chi connectivity index (χ2v) is 9.85. The lowest BCUT2D eigenvalue weighted by molar-refractivity contribution is 0.103. The van der Waals surface area contributed by atoms with Gasteiger partial charge in [-0.25, -0.2) is 4.21 Å². The molecule has 0 aliphatic rings. The average molecular weight is 429 g/mol. The molecule has 0 saturated carbocycles. The van der Waals surface area contributed by atoms with Crippen molar-refractivity contribution in [1.29, 1.82) is 0 Å². The number of ketones is 1. The minimum atomic E-state index is -1.43. The topological polar surface area (TPSA) is 72.5 Å². The molecule has 0 spiro atoms. The van der Waals surface area contributed by atoms with E-state index >= 15 is 0 Å². The Balaban J connectivity index is 2.06. The van der Waals surface area contributed by atoms with Gasteiger partial charge < -0.3 is 4.52 Å². The molecule has 150 valence electrons. The van der Waals surface area contributed by atoms with Crippen molar-refractivity contribution in [3.63, 3.8) is 0 Å². The molecule has 29 heavy (non-hydrogen) atoms. The van der Waals surface area contributed by atoms with Crippen molar-refractivity contribution >= 4 is 34.6 Å². The zero-order valence-corrected chi connectivity index (χ0v) is 18.2. The Bertz CT molecular complexity index is 1100. The molecular weight excluding hydrogens is 408 g/mol. The van der Waals surface area contributed by atoms with E-state index in [0.717, 1.165) is 0 Å². The maximum atomic E-state index is 13.1. The standard InChI is InChI=1S/C22H21ClN2O3S/c1-14-20(19(25-28-14)13-24-29(27)22(2,3)4)17-7-5-6-8-18(17)21(26)15-9-11-16(23)12-10-15/h5-13H,1-4H3/b24-13+/t29-/m1/s1. The van der Waals surface area contributed by atoms with Gasteiger partial charge in [0.25, 0.3) is 0 Å². The molecule has 0 aliphatic carbocycles. The Morgan fingerprint density at radius 3 is 2.45 bits per heavy atom. The highest BCUT2D eigenvalue weighted by molar-refractivity contribution is 7.85. The van der Waals surface area contributed by atoms with E-state index in [1.807, 2.05) is 32.9 Å². The van der Waals surface area contributed by atoms with Crippen molar-refractivity contribution in [2.45, 2.75) is 32.4 Å². The number of rotatable bonds is 5. The maximum Gasteiger partial charge on any atom is 0.193 e. The molecule has 5 nitrogen and oxygen atoms in total. The minimum Gasteiger partial charge on any atom is -0.360 e. The van der Waals surface area contributed by atoms with E-state index in [2.05, 4.69) is 9.55 Å². The van der Waals surface area contributed by atoms with Gasteiger partial charge in [0.05, 0.1) is 16.5 Å². The molecule has 1 atom stereocenters. The van der Waals surface area contributed by atoms with Gasteiger partial charge in [-0.2, -0.15) is 4.40 Å². The molecular formula is C22H21ClN2O3S. The number of carbonyl (C=O) groups excluding carboxylic acids is 1. The third-order valence-electron chi connectivity index (χ3n) is 4.23. The molecule has 2 aromatic carbocycles. The molecule has 0 saturated heterocycles. The monoisotopic (exact) mass is 428 g/mol. The summed E-state index contributed by atoms with van der Waals surface area (Å²) in [6.45, 7) is 7.30.